The molecule has 3 aromatic heterocycles. The van der Waals surface area contributed by atoms with Gasteiger partial charge in [-0.05, 0) is 94.0 Å². The Morgan fingerprint density at radius 2 is 1.84 bits per heavy atom. The molecule has 4 aromatic rings. The smallest absolute Gasteiger partial charge is 0.284 e. The lowest BCUT2D eigenvalue weighted by atomic mass is 9.84. The van der Waals surface area contributed by atoms with E-state index in [9.17, 15) is 27.6 Å². The van der Waals surface area contributed by atoms with Crippen LogP contribution in [0.5, 0.6) is 0 Å². The molecule has 0 spiro atoms. The first-order valence-electron chi connectivity index (χ1n) is 20.2. The molecule has 4 fully saturated rings. The van der Waals surface area contributed by atoms with Crippen LogP contribution in [0, 0.1) is 5.92 Å². The van der Waals surface area contributed by atoms with Gasteiger partial charge in [0.1, 0.15) is 17.6 Å². The second-order valence-corrected chi connectivity index (χ2v) is 16.1. The summed E-state index contributed by atoms with van der Waals surface area (Å²) in [5.74, 6) is -0.379. The van der Waals surface area contributed by atoms with Gasteiger partial charge in [0.15, 0.2) is 11.3 Å². The molecule has 4 aliphatic rings. The van der Waals surface area contributed by atoms with Crippen LogP contribution in [0.1, 0.15) is 104 Å². The fourth-order valence-corrected chi connectivity index (χ4v) is 8.95. The number of halogens is 3. The number of fused-ring (bicyclic) bond motifs is 1. The van der Waals surface area contributed by atoms with Crippen LogP contribution < -0.4 is 26.6 Å². The van der Waals surface area contributed by atoms with E-state index in [2.05, 4.69) is 36.0 Å². The van der Waals surface area contributed by atoms with Crippen molar-refractivity contribution in [3.63, 3.8) is 0 Å². The Labute approximate surface area is 328 Å². The van der Waals surface area contributed by atoms with Crippen molar-refractivity contribution in [1.82, 2.24) is 34.6 Å². The van der Waals surface area contributed by atoms with E-state index >= 15 is 0 Å². The molecule has 6 heterocycles. The molecule has 5 N–H and O–H groups in total. The third kappa shape index (κ3) is 8.93. The zero-order chi connectivity index (χ0) is 39.6. The van der Waals surface area contributed by atoms with Gasteiger partial charge in [-0.2, -0.15) is 10.2 Å². The zero-order valence-electron chi connectivity index (χ0n) is 31.8. The number of hydrogen-bond acceptors (Lipinski definition) is 10. The number of benzene rings is 1. The number of amides is 3. The lowest BCUT2D eigenvalue weighted by Crippen LogP contribution is -2.48. The number of nitrogens with one attached hydrogen (secondary N) is 3. The third-order valence-corrected chi connectivity index (χ3v) is 12.1. The van der Waals surface area contributed by atoms with Crippen molar-refractivity contribution in [2.24, 2.45) is 11.7 Å². The van der Waals surface area contributed by atoms with E-state index < -0.39 is 24.2 Å². The Morgan fingerprint density at radius 1 is 1.04 bits per heavy atom. The topological polar surface area (TPSA) is 168 Å². The molecule has 1 saturated carbocycles. The van der Waals surface area contributed by atoms with Crippen molar-refractivity contribution < 1.29 is 27.6 Å². The second-order valence-electron chi connectivity index (χ2n) is 16.1. The minimum atomic E-state index is -2.88. The molecule has 1 aliphatic carbocycles. The molecule has 14 nitrogen and oxygen atoms in total. The second kappa shape index (κ2) is 16.8. The first kappa shape index (κ1) is 38.8. The molecular weight excluding hydrogens is 740 g/mol. The SMILES string of the molecule is N[C@@H]1C[C@@H](F)CN(c2ccn3ncc(C(=O)Nc4cn(C5CCC(CCN6CCC(Nc7cccc(C8CCC(=O)NC8=O)c7)CC6)CC5)nc4C(F)F)c3n2)C1. The Balaban J connectivity index is 0.810. The minimum Gasteiger partial charge on any atom is -0.382 e. The van der Waals surface area contributed by atoms with Crippen molar-refractivity contribution in [3.8, 4) is 0 Å². The maximum absolute atomic E-state index is 14.2. The monoisotopic (exact) mass is 789 g/mol. The van der Waals surface area contributed by atoms with Crippen LogP contribution >= 0.6 is 0 Å². The summed E-state index contributed by atoms with van der Waals surface area (Å²) in [7, 11) is 0. The Hall–Kier alpha value is -5.03. The Kier molecular flexibility index (Phi) is 11.5. The van der Waals surface area contributed by atoms with E-state index in [4.69, 9.17) is 5.73 Å². The Bertz CT molecular complexity index is 2060. The summed E-state index contributed by atoms with van der Waals surface area (Å²) in [5.41, 5.74) is 7.74. The van der Waals surface area contributed by atoms with E-state index in [1.165, 1.54) is 16.9 Å². The molecule has 3 aliphatic heterocycles. The average molecular weight is 790 g/mol. The van der Waals surface area contributed by atoms with Crippen molar-refractivity contribution >= 4 is 40.6 Å². The van der Waals surface area contributed by atoms with Crippen LogP contribution in [0.4, 0.5) is 30.4 Å². The van der Waals surface area contributed by atoms with E-state index in [-0.39, 0.29) is 59.7 Å². The molecule has 1 unspecified atom stereocenters. The number of carbonyl (C=O) groups is 3. The molecule has 57 heavy (non-hydrogen) atoms. The van der Waals surface area contributed by atoms with Gasteiger partial charge < -0.3 is 26.2 Å². The highest BCUT2D eigenvalue weighted by Gasteiger charge is 2.31. The van der Waals surface area contributed by atoms with Crippen LogP contribution in [-0.2, 0) is 9.59 Å². The molecule has 3 saturated heterocycles. The summed E-state index contributed by atoms with van der Waals surface area (Å²) >= 11 is 0. The number of aromatic nitrogens is 5. The van der Waals surface area contributed by atoms with Crippen LogP contribution in [0.2, 0.25) is 0 Å². The van der Waals surface area contributed by atoms with Gasteiger partial charge in [-0.25, -0.2) is 22.7 Å². The fraction of sp³-hybridized carbons (Fsp3) is 0.550. The molecule has 8 rings (SSSR count). The van der Waals surface area contributed by atoms with Crippen LogP contribution in [-0.4, -0.2) is 98.0 Å². The zero-order valence-corrected chi connectivity index (χ0v) is 31.8. The average Bonchev–Trinajstić information content (AvgIpc) is 3.82. The maximum Gasteiger partial charge on any atom is 0.284 e. The standard InChI is InChI=1S/C40H50F3N11O3/c41-26-19-27(44)22-52(21-26)34-13-17-53-38(48-34)32(20-45-53)40(57)47-33-23-54(50-36(33)37(42)43)30-6-4-24(5-7-30)10-14-51-15-11-28(12-16-51)46-29-3-1-2-25(18-29)31-8-9-35(55)49-39(31)56/h1-3,13,17-18,20,23-24,26-28,30-31,37,46H,4-12,14-16,19,21-22,44H2,(H,47,57)(H,49,55,56)/t24?,26-,27-,30?,31?/m1/s1. The first-order chi connectivity index (χ1) is 27.6. The number of anilines is 3. The number of likely N-dealkylation sites (tertiary alicyclic amines) is 1. The molecule has 17 heteroatoms. The summed E-state index contributed by atoms with van der Waals surface area (Å²) < 4.78 is 45.7. The van der Waals surface area contributed by atoms with Gasteiger partial charge in [-0.15, -0.1) is 0 Å². The van der Waals surface area contributed by atoms with E-state index in [0.717, 1.165) is 75.8 Å². The Morgan fingerprint density at radius 3 is 2.60 bits per heavy atom. The van der Waals surface area contributed by atoms with Gasteiger partial charge in [0, 0.05) is 56.2 Å². The summed E-state index contributed by atoms with van der Waals surface area (Å²) in [4.78, 5) is 46.2. The quantitative estimate of drug-likeness (QED) is 0.148. The normalized spacial score (nSPS) is 25.2. The number of rotatable bonds is 11. The van der Waals surface area contributed by atoms with Crippen molar-refractivity contribution in [1.29, 1.82) is 0 Å². The van der Waals surface area contributed by atoms with E-state index in [0.29, 0.717) is 37.2 Å². The van der Waals surface area contributed by atoms with Gasteiger partial charge in [0.25, 0.3) is 12.3 Å². The highest BCUT2D eigenvalue weighted by Crippen LogP contribution is 2.37. The van der Waals surface area contributed by atoms with Gasteiger partial charge in [-0.3, -0.25) is 24.4 Å². The number of hydrogen-bond donors (Lipinski definition) is 4. The van der Waals surface area contributed by atoms with Crippen LogP contribution in [0.25, 0.3) is 5.65 Å². The van der Waals surface area contributed by atoms with Gasteiger partial charge >= 0.3 is 0 Å². The van der Waals surface area contributed by atoms with Gasteiger partial charge in [-0.1, -0.05) is 12.1 Å². The van der Waals surface area contributed by atoms with Crippen molar-refractivity contribution in [2.75, 3.05) is 48.3 Å². The fourth-order valence-electron chi connectivity index (χ4n) is 8.95. The molecule has 0 bridgehead atoms. The van der Waals surface area contributed by atoms with E-state index in [1.54, 1.807) is 21.8 Å². The number of alkyl halides is 3. The highest BCUT2D eigenvalue weighted by atomic mass is 19.3. The summed E-state index contributed by atoms with van der Waals surface area (Å²) in [6.45, 7) is 3.57. The molecular formula is C40H50F3N11O3. The van der Waals surface area contributed by atoms with Gasteiger partial charge in [0.05, 0.1) is 30.4 Å². The molecule has 304 valence electrons. The van der Waals surface area contributed by atoms with Crippen LogP contribution in [0.15, 0.2) is 48.9 Å². The van der Waals surface area contributed by atoms with Crippen LogP contribution in [0.3, 0.4) is 0 Å². The van der Waals surface area contributed by atoms with Gasteiger partial charge in [0.2, 0.25) is 11.8 Å². The molecule has 0 radical (unpaired) electrons. The third-order valence-electron chi connectivity index (χ3n) is 12.1. The molecule has 3 atom stereocenters. The predicted octanol–water partition coefficient (Wildman–Crippen LogP) is 5.21. The van der Waals surface area contributed by atoms with E-state index in [1.807, 2.05) is 24.3 Å². The number of carbonyl (C=O) groups excluding carboxylic acids is 3. The predicted molar refractivity (Wildman–Crippen MR) is 208 cm³/mol. The first-order valence-corrected chi connectivity index (χ1v) is 20.2. The maximum atomic E-state index is 14.2. The minimum absolute atomic E-state index is 0.0452. The molecule has 3 amide bonds. The summed E-state index contributed by atoms with van der Waals surface area (Å²) in [5, 5.41) is 17.2. The summed E-state index contributed by atoms with van der Waals surface area (Å²) in [6, 6.07) is 9.61. The number of piperidine rings is 3. The molecule has 1 aromatic carbocycles. The van der Waals surface area contributed by atoms with Crippen molar-refractivity contribution in [2.45, 2.75) is 101 Å². The highest BCUT2D eigenvalue weighted by molar-refractivity contribution is 6.08. The lowest BCUT2D eigenvalue weighted by molar-refractivity contribution is -0.134. The largest absolute Gasteiger partial charge is 0.382 e. The number of nitrogens with two attached hydrogens (primary N) is 1. The number of imide groups is 1. The van der Waals surface area contributed by atoms with Crippen molar-refractivity contribution in [3.05, 3.63) is 65.7 Å². The lowest BCUT2D eigenvalue weighted by Gasteiger charge is -2.35. The number of nitrogens with zero attached hydrogens (tertiary/aromatic N) is 7. The summed E-state index contributed by atoms with van der Waals surface area (Å²) in [6.07, 6.45) is 8.33.